The van der Waals surface area contributed by atoms with Crippen LogP contribution in [-0.4, -0.2) is 6.61 Å². The largest absolute Gasteiger partial charge is 0.492 e. The number of nitrogens with two attached hydrogens (primary N) is 1. The van der Waals surface area contributed by atoms with Gasteiger partial charge in [0.1, 0.15) is 11.8 Å². The Bertz CT molecular complexity index is 380. The Labute approximate surface area is 96.8 Å². The van der Waals surface area contributed by atoms with Crippen LogP contribution in [0, 0.1) is 17.2 Å². The summed E-state index contributed by atoms with van der Waals surface area (Å²) < 4.78 is 5.56. The summed E-state index contributed by atoms with van der Waals surface area (Å²) in [5, 5.41) is 8.90. The minimum Gasteiger partial charge on any atom is -0.492 e. The monoisotopic (exact) mass is 218 g/mol. The summed E-state index contributed by atoms with van der Waals surface area (Å²) in [6.45, 7) is 5.02. The van der Waals surface area contributed by atoms with Crippen LogP contribution in [0.3, 0.4) is 0 Å². The second-order valence-electron chi connectivity index (χ2n) is 4.25. The zero-order chi connectivity index (χ0) is 12.0. The van der Waals surface area contributed by atoms with Gasteiger partial charge < -0.3 is 10.5 Å². The van der Waals surface area contributed by atoms with E-state index in [0.717, 1.165) is 12.8 Å². The number of ether oxygens (including phenoxy) is 1. The van der Waals surface area contributed by atoms with Gasteiger partial charge in [-0.1, -0.05) is 13.8 Å². The van der Waals surface area contributed by atoms with Crippen molar-refractivity contribution in [1.29, 1.82) is 5.26 Å². The van der Waals surface area contributed by atoms with Crippen LogP contribution in [0.2, 0.25) is 0 Å². The second-order valence-corrected chi connectivity index (χ2v) is 4.25. The minimum absolute atomic E-state index is 0.504. The smallest absolute Gasteiger partial charge is 0.137 e. The molecule has 0 amide bonds. The first kappa shape index (κ1) is 12.4. The average molecular weight is 218 g/mol. The molecule has 1 rings (SSSR count). The number of anilines is 1. The summed E-state index contributed by atoms with van der Waals surface area (Å²) in [6, 6.07) is 7.22. The fraction of sp³-hybridized carbons (Fsp3) is 0.462. The van der Waals surface area contributed by atoms with Gasteiger partial charge in [-0.2, -0.15) is 5.26 Å². The molecule has 0 bridgehead atoms. The number of nitrogens with zero attached hydrogens (tertiary/aromatic N) is 1. The summed E-state index contributed by atoms with van der Waals surface area (Å²) in [5.74, 6) is 1.31. The molecule has 86 valence electrons. The van der Waals surface area contributed by atoms with Crippen molar-refractivity contribution >= 4 is 5.69 Å². The van der Waals surface area contributed by atoms with Gasteiger partial charge in [0.2, 0.25) is 0 Å². The van der Waals surface area contributed by atoms with Crippen molar-refractivity contribution in [3.05, 3.63) is 23.8 Å². The van der Waals surface area contributed by atoms with Crippen LogP contribution in [-0.2, 0) is 0 Å². The van der Waals surface area contributed by atoms with Gasteiger partial charge in [-0.05, 0) is 37.0 Å². The third-order valence-corrected chi connectivity index (χ3v) is 2.31. The molecule has 0 aliphatic rings. The van der Waals surface area contributed by atoms with Crippen LogP contribution in [0.25, 0.3) is 0 Å². The standard InChI is InChI=1S/C13H18N2O/c1-10(2)4-3-7-16-13-6-5-12(15)8-11(13)9-14/h5-6,8,10H,3-4,7,15H2,1-2H3. The fourth-order valence-corrected chi connectivity index (χ4v) is 1.43. The molecule has 1 aromatic rings. The molecular weight excluding hydrogens is 200 g/mol. The lowest BCUT2D eigenvalue weighted by Crippen LogP contribution is -2.01. The molecule has 0 aliphatic heterocycles. The molecule has 0 saturated heterocycles. The zero-order valence-electron chi connectivity index (χ0n) is 9.86. The molecule has 0 saturated carbocycles. The molecule has 0 heterocycles. The highest BCUT2D eigenvalue weighted by Crippen LogP contribution is 2.20. The SMILES string of the molecule is CC(C)CCCOc1ccc(N)cc1C#N. The number of benzene rings is 1. The molecule has 0 atom stereocenters. The van der Waals surface area contributed by atoms with Crippen molar-refractivity contribution in [3.8, 4) is 11.8 Å². The normalized spacial score (nSPS) is 10.1. The maximum absolute atomic E-state index is 8.90. The number of hydrogen-bond acceptors (Lipinski definition) is 3. The van der Waals surface area contributed by atoms with Crippen molar-refractivity contribution in [2.45, 2.75) is 26.7 Å². The fourth-order valence-electron chi connectivity index (χ4n) is 1.43. The summed E-state index contributed by atoms with van der Waals surface area (Å²) in [5.41, 5.74) is 6.68. The maximum Gasteiger partial charge on any atom is 0.137 e. The van der Waals surface area contributed by atoms with E-state index in [1.54, 1.807) is 18.2 Å². The van der Waals surface area contributed by atoms with Gasteiger partial charge in [-0.3, -0.25) is 0 Å². The summed E-state index contributed by atoms with van der Waals surface area (Å²) in [4.78, 5) is 0. The van der Waals surface area contributed by atoms with E-state index in [4.69, 9.17) is 15.7 Å². The highest BCUT2D eigenvalue weighted by Gasteiger charge is 2.03. The average Bonchev–Trinajstić information content (AvgIpc) is 2.25. The van der Waals surface area contributed by atoms with Crippen molar-refractivity contribution in [1.82, 2.24) is 0 Å². The van der Waals surface area contributed by atoms with E-state index in [1.807, 2.05) is 0 Å². The first-order valence-corrected chi connectivity index (χ1v) is 5.56. The van der Waals surface area contributed by atoms with E-state index in [1.165, 1.54) is 0 Å². The van der Waals surface area contributed by atoms with Gasteiger partial charge in [-0.25, -0.2) is 0 Å². The van der Waals surface area contributed by atoms with Crippen LogP contribution in [0.1, 0.15) is 32.3 Å². The molecule has 0 radical (unpaired) electrons. The van der Waals surface area contributed by atoms with Crippen molar-refractivity contribution < 1.29 is 4.74 Å². The third-order valence-electron chi connectivity index (χ3n) is 2.31. The van der Waals surface area contributed by atoms with Crippen molar-refractivity contribution in [2.24, 2.45) is 5.92 Å². The van der Waals surface area contributed by atoms with Gasteiger partial charge >= 0.3 is 0 Å². The maximum atomic E-state index is 8.90. The molecule has 3 heteroatoms. The van der Waals surface area contributed by atoms with Crippen LogP contribution < -0.4 is 10.5 Å². The van der Waals surface area contributed by atoms with Crippen LogP contribution in [0.4, 0.5) is 5.69 Å². The summed E-state index contributed by atoms with van der Waals surface area (Å²) in [6.07, 6.45) is 2.14. The second kappa shape index (κ2) is 6.02. The summed E-state index contributed by atoms with van der Waals surface area (Å²) >= 11 is 0. The van der Waals surface area contributed by atoms with Gasteiger partial charge in [0.25, 0.3) is 0 Å². The molecule has 1 aromatic carbocycles. The van der Waals surface area contributed by atoms with E-state index in [-0.39, 0.29) is 0 Å². The minimum atomic E-state index is 0.504. The Morgan fingerprint density at radius 1 is 1.44 bits per heavy atom. The highest BCUT2D eigenvalue weighted by molar-refractivity contribution is 5.53. The van der Waals surface area contributed by atoms with E-state index >= 15 is 0 Å². The van der Waals surface area contributed by atoms with E-state index in [2.05, 4.69) is 19.9 Å². The molecule has 3 nitrogen and oxygen atoms in total. The van der Waals surface area contributed by atoms with E-state index in [0.29, 0.717) is 29.5 Å². The van der Waals surface area contributed by atoms with Crippen molar-refractivity contribution in [2.75, 3.05) is 12.3 Å². The molecule has 0 aromatic heterocycles. The zero-order valence-corrected chi connectivity index (χ0v) is 9.86. The predicted octanol–water partition coefficient (Wildman–Crippen LogP) is 2.96. The topological polar surface area (TPSA) is 59.0 Å². The lowest BCUT2D eigenvalue weighted by atomic mass is 10.1. The lowest BCUT2D eigenvalue weighted by Gasteiger charge is -2.09. The van der Waals surface area contributed by atoms with E-state index < -0.39 is 0 Å². The number of hydrogen-bond donors (Lipinski definition) is 1. The predicted molar refractivity (Wildman–Crippen MR) is 65.1 cm³/mol. The lowest BCUT2D eigenvalue weighted by molar-refractivity contribution is 0.297. The van der Waals surface area contributed by atoms with Crippen LogP contribution >= 0.6 is 0 Å². The Morgan fingerprint density at radius 3 is 2.81 bits per heavy atom. The van der Waals surface area contributed by atoms with Gasteiger partial charge in [0, 0.05) is 5.69 Å². The van der Waals surface area contributed by atoms with Crippen LogP contribution in [0.5, 0.6) is 5.75 Å². The van der Waals surface area contributed by atoms with Gasteiger partial charge in [0.05, 0.1) is 12.2 Å². The molecule has 0 fully saturated rings. The van der Waals surface area contributed by atoms with E-state index in [9.17, 15) is 0 Å². The quantitative estimate of drug-likeness (QED) is 0.610. The molecule has 2 N–H and O–H groups in total. The molecule has 16 heavy (non-hydrogen) atoms. The summed E-state index contributed by atoms with van der Waals surface area (Å²) in [7, 11) is 0. The van der Waals surface area contributed by atoms with Crippen molar-refractivity contribution in [3.63, 3.8) is 0 Å². The first-order valence-electron chi connectivity index (χ1n) is 5.56. The van der Waals surface area contributed by atoms with Gasteiger partial charge in [-0.15, -0.1) is 0 Å². The number of nitrogen functional groups attached to an aromatic ring is 1. The molecule has 0 unspecified atom stereocenters. The number of rotatable bonds is 5. The first-order chi connectivity index (χ1) is 7.63. The third kappa shape index (κ3) is 3.82. The molecule has 0 aliphatic carbocycles. The van der Waals surface area contributed by atoms with Gasteiger partial charge in [0.15, 0.2) is 0 Å². The molecule has 0 spiro atoms. The van der Waals surface area contributed by atoms with Crippen LogP contribution in [0.15, 0.2) is 18.2 Å². The Morgan fingerprint density at radius 2 is 2.19 bits per heavy atom. The Kier molecular flexibility index (Phi) is 4.65. The Hall–Kier alpha value is -1.69. The molecular formula is C13H18N2O. The highest BCUT2D eigenvalue weighted by atomic mass is 16.5. The Balaban J connectivity index is 2.51. The number of nitriles is 1.